The van der Waals surface area contributed by atoms with Gasteiger partial charge in [-0.1, -0.05) is 12.1 Å². The lowest BCUT2D eigenvalue weighted by molar-refractivity contribution is 0.0654. The fourth-order valence-electron chi connectivity index (χ4n) is 4.91. The highest BCUT2D eigenvalue weighted by molar-refractivity contribution is 6.22. The summed E-state index contributed by atoms with van der Waals surface area (Å²) in [7, 11) is 0. The van der Waals surface area contributed by atoms with Crippen molar-refractivity contribution in [2.24, 2.45) is 0 Å². The van der Waals surface area contributed by atoms with E-state index in [1.807, 2.05) is 51.1 Å². The normalized spacial score (nSPS) is 13.2. The molecule has 3 aromatic carbocycles. The van der Waals surface area contributed by atoms with Crippen LogP contribution in [-0.2, 0) is 6.42 Å². The van der Waals surface area contributed by atoms with Gasteiger partial charge >= 0.3 is 0 Å². The number of hydrogen-bond acceptors (Lipinski definition) is 6. The number of carbonyl (C=O) groups excluding carboxylic acids is 2. The van der Waals surface area contributed by atoms with Crippen LogP contribution in [0.4, 0.5) is 0 Å². The molecule has 0 fully saturated rings. The lowest BCUT2D eigenvalue weighted by atomic mass is 10.1. The molecule has 9 nitrogen and oxygen atoms in total. The predicted molar refractivity (Wildman–Crippen MR) is 143 cm³/mol. The van der Waals surface area contributed by atoms with Gasteiger partial charge in [0.15, 0.2) is 0 Å². The molecule has 0 spiro atoms. The average molecular weight is 508 g/mol. The van der Waals surface area contributed by atoms with Gasteiger partial charge in [-0.3, -0.25) is 28.9 Å². The van der Waals surface area contributed by atoms with Crippen molar-refractivity contribution in [1.82, 2.24) is 24.6 Å². The van der Waals surface area contributed by atoms with Crippen LogP contribution in [0.1, 0.15) is 46.0 Å². The van der Waals surface area contributed by atoms with E-state index >= 15 is 0 Å². The van der Waals surface area contributed by atoms with E-state index in [1.165, 1.54) is 4.90 Å². The Labute approximate surface area is 217 Å². The second-order valence-corrected chi connectivity index (χ2v) is 9.69. The molecule has 0 saturated carbocycles. The Balaban J connectivity index is 1.41. The third-order valence-corrected chi connectivity index (χ3v) is 6.66. The van der Waals surface area contributed by atoms with E-state index in [4.69, 9.17) is 9.72 Å². The number of H-pyrrole nitrogens is 1. The summed E-state index contributed by atoms with van der Waals surface area (Å²) in [5.41, 5.74) is 3.31. The van der Waals surface area contributed by atoms with Crippen LogP contribution in [0.3, 0.4) is 0 Å². The van der Waals surface area contributed by atoms with Crippen molar-refractivity contribution in [2.45, 2.75) is 33.3 Å². The van der Waals surface area contributed by atoms with E-state index < -0.39 is 5.91 Å². The van der Waals surface area contributed by atoms with E-state index in [0.29, 0.717) is 33.7 Å². The van der Waals surface area contributed by atoms with Gasteiger partial charge in [0, 0.05) is 18.4 Å². The minimum Gasteiger partial charge on any atom is -0.490 e. The minimum absolute atomic E-state index is 0.0591. The van der Waals surface area contributed by atoms with E-state index in [2.05, 4.69) is 10.2 Å². The molecular weight excluding hydrogens is 482 g/mol. The van der Waals surface area contributed by atoms with Crippen molar-refractivity contribution in [3.05, 3.63) is 93.7 Å². The molecule has 0 atom stereocenters. The Morgan fingerprint density at radius 1 is 1.00 bits per heavy atom. The van der Waals surface area contributed by atoms with Crippen molar-refractivity contribution < 1.29 is 14.3 Å². The molecule has 1 aliphatic heterocycles. The smallest absolute Gasteiger partial charge is 0.265 e. The molecule has 0 saturated heterocycles. The van der Waals surface area contributed by atoms with Crippen molar-refractivity contribution >= 4 is 33.6 Å². The Bertz CT molecular complexity index is 1820. The molecule has 0 aliphatic carbocycles. The Morgan fingerprint density at radius 2 is 1.84 bits per heavy atom. The highest BCUT2D eigenvalue weighted by atomic mass is 16.5. The molecule has 1 aliphatic rings. The maximum atomic E-state index is 13.7. The number of nitrogens with one attached hydrogen (secondary N) is 1. The van der Waals surface area contributed by atoms with E-state index in [9.17, 15) is 14.4 Å². The van der Waals surface area contributed by atoms with Crippen LogP contribution in [0.5, 0.6) is 5.75 Å². The predicted octanol–water partition coefficient (Wildman–Crippen LogP) is 4.20. The first-order valence-electron chi connectivity index (χ1n) is 12.4. The van der Waals surface area contributed by atoms with Crippen molar-refractivity contribution in [2.75, 3.05) is 6.54 Å². The molecular formula is C29H25N5O4. The van der Waals surface area contributed by atoms with Gasteiger partial charge in [0.1, 0.15) is 11.6 Å². The number of ether oxygens (including phenoxy) is 1. The van der Waals surface area contributed by atoms with Gasteiger partial charge in [0.2, 0.25) is 0 Å². The largest absolute Gasteiger partial charge is 0.490 e. The lowest BCUT2D eigenvalue weighted by Gasteiger charge is -2.18. The fraction of sp³-hybridized carbons (Fsp3) is 0.207. The number of carbonyl (C=O) groups is 2. The zero-order valence-electron chi connectivity index (χ0n) is 21.2. The Hall–Kier alpha value is -4.79. The number of nitrogens with zero attached hydrogens (tertiary/aromatic N) is 4. The van der Waals surface area contributed by atoms with Gasteiger partial charge in [0.25, 0.3) is 17.4 Å². The highest BCUT2D eigenvalue weighted by Gasteiger charge is 2.38. The molecule has 2 aromatic heterocycles. The van der Waals surface area contributed by atoms with Crippen LogP contribution >= 0.6 is 0 Å². The number of benzene rings is 3. The Morgan fingerprint density at radius 3 is 2.66 bits per heavy atom. The molecule has 2 amide bonds. The van der Waals surface area contributed by atoms with Crippen molar-refractivity contribution in [3.63, 3.8) is 0 Å². The number of aromatic amines is 1. The number of hydrogen-bond donors (Lipinski definition) is 1. The topological polar surface area (TPSA) is 110 Å². The second-order valence-electron chi connectivity index (χ2n) is 9.69. The van der Waals surface area contributed by atoms with Gasteiger partial charge in [-0.25, -0.2) is 4.98 Å². The minimum atomic E-state index is -0.411. The van der Waals surface area contributed by atoms with Gasteiger partial charge in [-0.2, -0.15) is 5.10 Å². The third-order valence-electron chi connectivity index (χ3n) is 6.66. The summed E-state index contributed by atoms with van der Waals surface area (Å²) < 4.78 is 7.35. The number of rotatable bonds is 6. The summed E-state index contributed by atoms with van der Waals surface area (Å²) in [6.45, 7) is 5.73. The molecule has 9 heteroatoms. The van der Waals surface area contributed by atoms with Crippen LogP contribution in [0.25, 0.3) is 27.5 Å². The number of aromatic nitrogens is 4. The molecule has 0 bridgehead atoms. The van der Waals surface area contributed by atoms with E-state index in [0.717, 1.165) is 16.5 Å². The molecule has 5 aromatic rings. The summed E-state index contributed by atoms with van der Waals surface area (Å²) in [6.07, 6.45) is 1.75. The lowest BCUT2D eigenvalue weighted by Crippen LogP contribution is -2.33. The summed E-state index contributed by atoms with van der Waals surface area (Å²) in [5, 5.41) is 8.41. The number of imide groups is 1. The van der Waals surface area contributed by atoms with Crippen LogP contribution in [0, 0.1) is 6.92 Å². The van der Waals surface area contributed by atoms with Crippen molar-refractivity contribution in [1.29, 1.82) is 0 Å². The summed E-state index contributed by atoms with van der Waals surface area (Å²) >= 11 is 0. The first kappa shape index (κ1) is 23.6. The molecule has 0 unspecified atom stereocenters. The molecule has 1 N–H and O–H groups in total. The maximum Gasteiger partial charge on any atom is 0.265 e. The van der Waals surface area contributed by atoms with Gasteiger partial charge in [-0.15, -0.1) is 0 Å². The quantitative estimate of drug-likeness (QED) is 0.345. The first-order valence-corrected chi connectivity index (χ1v) is 12.4. The number of amides is 2. The van der Waals surface area contributed by atoms with Gasteiger partial charge < -0.3 is 4.74 Å². The standard InChI is InChI=1S/C29H25N5O4/c1-16(2)38-24-6-4-5-21-26(24)29(37)33(27(21)35)12-11-25-31-23-13-17(3)7-10-20(23)28(36)34(25)19-9-8-18-15-30-32-22(18)14-19/h4-10,13-16H,11-12H2,1-3H3,(H,30,32). The van der Waals surface area contributed by atoms with E-state index in [-0.39, 0.29) is 36.1 Å². The van der Waals surface area contributed by atoms with Crippen LogP contribution in [0.2, 0.25) is 0 Å². The average Bonchev–Trinajstić information content (AvgIpc) is 3.45. The first-order chi connectivity index (χ1) is 18.3. The fourth-order valence-corrected chi connectivity index (χ4v) is 4.91. The van der Waals surface area contributed by atoms with Crippen molar-refractivity contribution in [3.8, 4) is 11.4 Å². The zero-order valence-corrected chi connectivity index (χ0v) is 21.2. The van der Waals surface area contributed by atoms with Crippen LogP contribution in [0.15, 0.2) is 65.6 Å². The molecule has 38 heavy (non-hydrogen) atoms. The van der Waals surface area contributed by atoms with E-state index in [1.54, 1.807) is 35.0 Å². The second kappa shape index (κ2) is 8.95. The van der Waals surface area contributed by atoms with Crippen LogP contribution in [-0.4, -0.2) is 49.1 Å². The monoisotopic (exact) mass is 507 g/mol. The van der Waals surface area contributed by atoms with Crippen LogP contribution < -0.4 is 10.3 Å². The molecule has 0 radical (unpaired) electrons. The highest BCUT2D eigenvalue weighted by Crippen LogP contribution is 2.32. The summed E-state index contributed by atoms with van der Waals surface area (Å²) in [5.74, 6) is 0.0406. The SMILES string of the molecule is Cc1ccc2c(=O)n(-c3ccc4cn[nH]c4c3)c(CCN3C(=O)c4cccc(OC(C)C)c4C3=O)nc2c1. The zero-order chi connectivity index (χ0) is 26.6. The third kappa shape index (κ3) is 3.83. The van der Waals surface area contributed by atoms with Gasteiger partial charge in [-0.05, 0) is 68.8 Å². The summed E-state index contributed by atoms with van der Waals surface area (Å²) in [6, 6.07) is 16.1. The maximum absolute atomic E-state index is 13.7. The summed E-state index contributed by atoms with van der Waals surface area (Å²) in [4.78, 5) is 46.3. The van der Waals surface area contributed by atoms with Gasteiger partial charge in [0.05, 0.1) is 45.5 Å². The number of fused-ring (bicyclic) bond motifs is 3. The molecule has 190 valence electrons. The molecule has 6 rings (SSSR count). The number of aryl methyl sites for hydroxylation is 1. The molecule has 3 heterocycles. The Kier molecular flexibility index (Phi) is 5.56.